The number of hydrogen-bond acceptors (Lipinski definition) is 3. The van der Waals surface area contributed by atoms with Crippen LogP contribution in [0.15, 0.2) is 46.9 Å². The molecule has 0 unspecified atom stereocenters. The van der Waals surface area contributed by atoms with Crippen molar-refractivity contribution in [3.05, 3.63) is 63.6 Å². The highest BCUT2D eigenvalue weighted by Crippen LogP contribution is 2.25. The van der Waals surface area contributed by atoms with E-state index in [1.54, 1.807) is 19.2 Å². The number of para-hydroxylation sites is 1. The Balaban J connectivity index is 2.32. The number of carbonyl (C=O) groups is 1. The van der Waals surface area contributed by atoms with E-state index in [0.29, 0.717) is 30.1 Å². The van der Waals surface area contributed by atoms with E-state index in [1.807, 2.05) is 37.3 Å². The summed E-state index contributed by atoms with van der Waals surface area (Å²) in [6, 6.07) is 13.0. The number of aryl methyl sites for hydroxylation is 1. The third-order valence-electron chi connectivity index (χ3n) is 3.12. The van der Waals surface area contributed by atoms with Crippen LogP contribution in [0.2, 0.25) is 0 Å². The van der Waals surface area contributed by atoms with Crippen molar-refractivity contribution < 1.29 is 14.3 Å². The lowest BCUT2D eigenvalue weighted by atomic mass is 9.98. The second-order valence-corrected chi connectivity index (χ2v) is 5.54. The van der Waals surface area contributed by atoms with Gasteiger partial charge < -0.3 is 9.47 Å². The van der Waals surface area contributed by atoms with Gasteiger partial charge in [-0.1, -0.05) is 34.1 Å². The molecule has 0 bridgehead atoms. The molecule has 0 amide bonds. The summed E-state index contributed by atoms with van der Waals surface area (Å²) < 4.78 is 11.5. The Morgan fingerprint density at radius 2 is 1.86 bits per heavy atom. The van der Waals surface area contributed by atoms with Gasteiger partial charge >= 0.3 is 0 Å². The van der Waals surface area contributed by atoms with Crippen LogP contribution in [-0.2, 0) is 4.74 Å². The van der Waals surface area contributed by atoms with Gasteiger partial charge in [0, 0.05) is 17.1 Å². The van der Waals surface area contributed by atoms with Crippen molar-refractivity contribution in [3.63, 3.8) is 0 Å². The van der Waals surface area contributed by atoms with Crippen LogP contribution in [-0.4, -0.2) is 26.1 Å². The Hall–Kier alpha value is -1.65. The van der Waals surface area contributed by atoms with E-state index in [4.69, 9.17) is 9.47 Å². The van der Waals surface area contributed by atoms with E-state index in [9.17, 15) is 4.79 Å². The second kappa shape index (κ2) is 7.38. The molecule has 2 rings (SSSR count). The van der Waals surface area contributed by atoms with Crippen molar-refractivity contribution in [3.8, 4) is 5.75 Å². The highest BCUT2D eigenvalue weighted by atomic mass is 79.9. The maximum atomic E-state index is 12.7. The first-order valence-electron chi connectivity index (χ1n) is 6.65. The Morgan fingerprint density at radius 1 is 1.10 bits per heavy atom. The lowest BCUT2D eigenvalue weighted by Crippen LogP contribution is -2.10. The van der Waals surface area contributed by atoms with Gasteiger partial charge in [-0.3, -0.25) is 4.79 Å². The standard InChI is InChI=1S/C17H17BrO3/c1-12-7-8-13(18)11-15(12)17(19)14-5-3-4-6-16(14)21-10-9-20-2/h3-8,11H,9-10H2,1-2H3. The molecule has 0 saturated carbocycles. The largest absolute Gasteiger partial charge is 0.490 e. The van der Waals surface area contributed by atoms with Crippen molar-refractivity contribution in [2.45, 2.75) is 6.92 Å². The molecule has 3 nitrogen and oxygen atoms in total. The van der Waals surface area contributed by atoms with E-state index >= 15 is 0 Å². The number of rotatable bonds is 6. The van der Waals surface area contributed by atoms with Crippen molar-refractivity contribution in [1.29, 1.82) is 0 Å². The molecule has 2 aromatic rings. The maximum Gasteiger partial charge on any atom is 0.197 e. The van der Waals surface area contributed by atoms with Gasteiger partial charge in [-0.25, -0.2) is 0 Å². The fraction of sp³-hybridized carbons (Fsp3) is 0.235. The predicted molar refractivity (Wildman–Crippen MR) is 86.1 cm³/mol. The van der Waals surface area contributed by atoms with Gasteiger partial charge in [-0.05, 0) is 36.8 Å². The van der Waals surface area contributed by atoms with Gasteiger partial charge in [0.15, 0.2) is 5.78 Å². The molecule has 0 aliphatic heterocycles. The number of carbonyl (C=O) groups excluding carboxylic acids is 1. The molecule has 0 N–H and O–H groups in total. The van der Waals surface area contributed by atoms with Crippen LogP contribution in [0.1, 0.15) is 21.5 Å². The average Bonchev–Trinajstić information content (AvgIpc) is 2.50. The number of hydrogen-bond donors (Lipinski definition) is 0. The van der Waals surface area contributed by atoms with Gasteiger partial charge in [0.05, 0.1) is 12.2 Å². The minimum atomic E-state index is -0.0400. The van der Waals surface area contributed by atoms with Crippen LogP contribution in [0.25, 0.3) is 0 Å². The van der Waals surface area contributed by atoms with E-state index in [1.165, 1.54) is 0 Å². The zero-order valence-electron chi connectivity index (χ0n) is 12.1. The number of benzene rings is 2. The molecule has 2 aromatic carbocycles. The summed E-state index contributed by atoms with van der Waals surface area (Å²) >= 11 is 3.41. The van der Waals surface area contributed by atoms with Crippen LogP contribution in [0.4, 0.5) is 0 Å². The van der Waals surface area contributed by atoms with E-state index in [2.05, 4.69) is 15.9 Å². The Morgan fingerprint density at radius 3 is 2.62 bits per heavy atom. The summed E-state index contributed by atoms with van der Waals surface area (Å²) in [5, 5.41) is 0. The zero-order valence-corrected chi connectivity index (χ0v) is 13.6. The van der Waals surface area contributed by atoms with Crippen LogP contribution >= 0.6 is 15.9 Å². The molecule has 0 heterocycles. The fourth-order valence-electron chi connectivity index (χ4n) is 2.00. The minimum absolute atomic E-state index is 0.0400. The lowest BCUT2D eigenvalue weighted by molar-refractivity contribution is 0.103. The molecule has 110 valence electrons. The third kappa shape index (κ3) is 3.93. The summed E-state index contributed by atoms with van der Waals surface area (Å²) in [5.41, 5.74) is 2.18. The molecule has 0 spiro atoms. The maximum absolute atomic E-state index is 12.7. The molecule has 0 atom stereocenters. The summed E-state index contributed by atoms with van der Waals surface area (Å²) in [4.78, 5) is 12.7. The number of ketones is 1. The highest BCUT2D eigenvalue weighted by Gasteiger charge is 2.16. The van der Waals surface area contributed by atoms with Crippen LogP contribution < -0.4 is 4.74 Å². The molecule has 0 saturated heterocycles. The third-order valence-corrected chi connectivity index (χ3v) is 3.61. The van der Waals surface area contributed by atoms with Gasteiger partial charge in [-0.2, -0.15) is 0 Å². The van der Waals surface area contributed by atoms with Crippen LogP contribution in [0, 0.1) is 6.92 Å². The Kier molecular flexibility index (Phi) is 5.53. The zero-order chi connectivity index (χ0) is 15.2. The van der Waals surface area contributed by atoms with E-state index < -0.39 is 0 Å². The molecule has 4 heteroatoms. The van der Waals surface area contributed by atoms with Crippen molar-refractivity contribution in [1.82, 2.24) is 0 Å². The van der Waals surface area contributed by atoms with Crippen LogP contribution in [0.5, 0.6) is 5.75 Å². The molecule has 0 fully saturated rings. The highest BCUT2D eigenvalue weighted by molar-refractivity contribution is 9.10. The smallest absolute Gasteiger partial charge is 0.197 e. The molecular weight excluding hydrogens is 332 g/mol. The normalized spacial score (nSPS) is 10.4. The van der Waals surface area contributed by atoms with Gasteiger partial charge in [0.2, 0.25) is 0 Å². The van der Waals surface area contributed by atoms with E-state index in [0.717, 1.165) is 10.0 Å². The van der Waals surface area contributed by atoms with Gasteiger partial charge in [0.1, 0.15) is 12.4 Å². The second-order valence-electron chi connectivity index (χ2n) is 4.63. The van der Waals surface area contributed by atoms with E-state index in [-0.39, 0.29) is 5.78 Å². The topological polar surface area (TPSA) is 35.5 Å². The van der Waals surface area contributed by atoms with Crippen molar-refractivity contribution >= 4 is 21.7 Å². The Labute approximate surface area is 133 Å². The molecule has 0 radical (unpaired) electrons. The van der Waals surface area contributed by atoms with Gasteiger partial charge in [-0.15, -0.1) is 0 Å². The molecule has 21 heavy (non-hydrogen) atoms. The Bertz CT molecular complexity index is 638. The predicted octanol–water partition coefficient (Wildman–Crippen LogP) is 4.01. The average molecular weight is 349 g/mol. The quantitative estimate of drug-likeness (QED) is 0.584. The SMILES string of the molecule is COCCOc1ccccc1C(=O)c1cc(Br)ccc1C. The first kappa shape index (κ1) is 15.7. The summed E-state index contributed by atoms with van der Waals surface area (Å²) in [6.45, 7) is 2.82. The monoisotopic (exact) mass is 348 g/mol. The minimum Gasteiger partial charge on any atom is -0.490 e. The number of methoxy groups -OCH3 is 1. The first-order chi connectivity index (χ1) is 10.1. The van der Waals surface area contributed by atoms with Gasteiger partial charge in [0.25, 0.3) is 0 Å². The van der Waals surface area contributed by atoms with Crippen molar-refractivity contribution in [2.75, 3.05) is 20.3 Å². The molecular formula is C17H17BrO3. The summed E-state index contributed by atoms with van der Waals surface area (Å²) in [7, 11) is 1.62. The fourth-order valence-corrected chi connectivity index (χ4v) is 2.36. The summed E-state index contributed by atoms with van der Waals surface area (Å²) in [6.07, 6.45) is 0. The van der Waals surface area contributed by atoms with Crippen molar-refractivity contribution in [2.24, 2.45) is 0 Å². The van der Waals surface area contributed by atoms with Crippen LogP contribution in [0.3, 0.4) is 0 Å². The molecule has 0 aliphatic rings. The number of ether oxygens (including phenoxy) is 2. The number of halogens is 1. The molecule has 0 aliphatic carbocycles. The summed E-state index contributed by atoms with van der Waals surface area (Å²) in [5.74, 6) is 0.542. The first-order valence-corrected chi connectivity index (χ1v) is 7.44. The molecule has 0 aromatic heterocycles. The lowest BCUT2D eigenvalue weighted by Gasteiger charge is -2.12.